The van der Waals surface area contributed by atoms with Gasteiger partial charge in [0, 0.05) is 38.7 Å². The molecule has 2 atom stereocenters. The first-order valence-corrected chi connectivity index (χ1v) is 6.30. The second-order valence-electron chi connectivity index (χ2n) is 4.06. The van der Waals surface area contributed by atoms with Crippen LogP contribution in [0.3, 0.4) is 0 Å². The van der Waals surface area contributed by atoms with Crippen molar-refractivity contribution in [1.82, 2.24) is 4.90 Å². The Morgan fingerprint density at radius 1 is 1.75 bits per heavy atom. The molecule has 0 aliphatic carbocycles. The SMILES string of the molecule is CC(=O)SCC1CC(=O)N(CC(O)CN)C1. The molecule has 1 aliphatic rings. The number of aliphatic hydroxyl groups is 1. The van der Waals surface area contributed by atoms with Crippen molar-refractivity contribution in [2.24, 2.45) is 11.7 Å². The molecule has 2 unspecified atom stereocenters. The van der Waals surface area contributed by atoms with Gasteiger partial charge in [0.1, 0.15) is 0 Å². The summed E-state index contributed by atoms with van der Waals surface area (Å²) in [5.41, 5.74) is 5.29. The summed E-state index contributed by atoms with van der Waals surface area (Å²) in [6.07, 6.45) is -0.180. The van der Waals surface area contributed by atoms with Gasteiger partial charge >= 0.3 is 0 Å². The van der Waals surface area contributed by atoms with Gasteiger partial charge in [-0.1, -0.05) is 11.8 Å². The van der Waals surface area contributed by atoms with Gasteiger partial charge in [0.2, 0.25) is 5.91 Å². The number of β-amino-alcohol motifs (C(OH)–C–C–N with tert-alkyl or cyclic N) is 1. The molecule has 1 saturated heterocycles. The summed E-state index contributed by atoms with van der Waals surface area (Å²) in [6.45, 7) is 2.61. The fourth-order valence-corrected chi connectivity index (χ4v) is 2.40. The van der Waals surface area contributed by atoms with Crippen molar-refractivity contribution in [1.29, 1.82) is 0 Å². The number of amides is 1. The van der Waals surface area contributed by atoms with E-state index in [9.17, 15) is 14.7 Å². The van der Waals surface area contributed by atoms with Crippen LogP contribution in [0, 0.1) is 5.92 Å². The first-order chi connectivity index (χ1) is 7.52. The van der Waals surface area contributed by atoms with Gasteiger partial charge in [0.25, 0.3) is 0 Å². The van der Waals surface area contributed by atoms with E-state index in [0.29, 0.717) is 25.3 Å². The lowest BCUT2D eigenvalue weighted by Gasteiger charge is -2.19. The van der Waals surface area contributed by atoms with Crippen LogP contribution in [0.15, 0.2) is 0 Å². The quantitative estimate of drug-likeness (QED) is 0.679. The number of hydrogen-bond acceptors (Lipinski definition) is 5. The Balaban J connectivity index is 2.35. The van der Waals surface area contributed by atoms with Crippen LogP contribution in [0.2, 0.25) is 0 Å². The number of carbonyl (C=O) groups excluding carboxylic acids is 2. The molecule has 16 heavy (non-hydrogen) atoms. The monoisotopic (exact) mass is 246 g/mol. The number of carbonyl (C=O) groups is 2. The van der Waals surface area contributed by atoms with Crippen molar-refractivity contribution in [3.63, 3.8) is 0 Å². The van der Waals surface area contributed by atoms with E-state index in [1.807, 2.05) is 0 Å². The average molecular weight is 246 g/mol. The highest BCUT2D eigenvalue weighted by molar-refractivity contribution is 8.13. The largest absolute Gasteiger partial charge is 0.390 e. The standard InChI is InChI=1S/C10H18N2O3S/c1-7(13)16-6-8-2-10(15)12(4-8)5-9(14)3-11/h8-9,14H,2-6,11H2,1H3. The molecular formula is C10H18N2O3S. The first-order valence-electron chi connectivity index (χ1n) is 5.32. The van der Waals surface area contributed by atoms with E-state index in [2.05, 4.69) is 0 Å². The number of nitrogens with zero attached hydrogens (tertiary/aromatic N) is 1. The molecule has 6 heteroatoms. The predicted octanol–water partition coefficient (Wildman–Crippen LogP) is -0.566. The Labute approximate surface area is 99.4 Å². The maximum atomic E-state index is 11.6. The van der Waals surface area contributed by atoms with Crippen molar-refractivity contribution in [2.75, 3.05) is 25.4 Å². The Kier molecular flexibility index (Phi) is 5.24. The van der Waals surface area contributed by atoms with Crippen LogP contribution in [0.4, 0.5) is 0 Å². The minimum atomic E-state index is -0.650. The molecule has 0 aromatic carbocycles. The van der Waals surface area contributed by atoms with Crippen LogP contribution in [0.5, 0.6) is 0 Å². The minimum absolute atomic E-state index is 0.0432. The second-order valence-corrected chi connectivity index (χ2v) is 5.26. The molecule has 1 heterocycles. The van der Waals surface area contributed by atoms with E-state index < -0.39 is 6.10 Å². The molecular weight excluding hydrogens is 228 g/mol. The second kappa shape index (κ2) is 6.22. The van der Waals surface area contributed by atoms with Gasteiger partial charge < -0.3 is 15.7 Å². The number of aliphatic hydroxyl groups excluding tert-OH is 1. The molecule has 1 aliphatic heterocycles. The fraction of sp³-hybridized carbons (Fsp3) is 0.800. The first kappa shape index (κ1) is 13.5. The lowest BCUT2D eigenvalue weighted by molar-refractivity contribution is -0.128. The molecule has 3 N–H and O–H groups in total. The van der Waals surface area contributed by atoms with E-state index in [-0.39, 0.29) is 23.5 Å². The van der Waals surface area contributed by atoms with Crippen molar-refractivity contribution < 1.29 is 14.7 Å². The molecule has 1 fully saturated rings. The number of thioether (sulfide) groups is 1. The lowest BCUT2D eigenvalue weighted by atomic mass is 10.1. The van der Waals surface area contributed by atoms with Crippen LogP contribution < -0.4 is 5.73 Å². The Hall–Kier alpha value is -0.590. The number of likely N-dealkylation sites (tertiary alicyclic amines) is 1. The van der Waals surface area contributed by atoms with E-state index in [1.54, 1.807) is 4.90 Å². The van der Waals surface area contributed by atoms with Gasteiger partial charge in [-0.25, -0.2) is 0 Å². The summed E-state index contributed by atoms with van der Waals surface area (Å²) in [4.78, 5) is 24.0. The van der Waals surface area contributed by atoms with E-state index in [4.69, 9.17) is 5.73 Å². The molecule has 0 saturated carbocycles. The number of hydrogen-bond donors (Lipinski definition) is 2. The highest BCUT2D eigenvalue weighted by Crippen LogP contribution is 2.22. The third-order valence-corrected chi connectivity index (χ3v) is 3.56. The van der Waals surface area contributed by atoms with Gasteiger partial charge in [0.05, 0.1) is 6.10 Å². The molecule has 0 aromatic rings. The van der Waals surface area contributed by atoms with Crippen molar-refractivity contribution in [3.8, 4) is 0 Å². The topological polar surface area (TPSA) is 83.6 Å². The van der Waals surface area contributed by atoms with Crippen LogP contribution in [-0.4, -0.2) is 52.5 Å². The van der Waals surface area contributed by atoms with Crippen LogP contribution >= 0.6 is 11.8 Å². The maximum absolute atomic E-state index is 11.6. The smallest absolute Gasteiger partial charge is 0.223 e. The third-order valence-electron chi connectivity index (χ3n) is 2.52. The summed E-state index contributed by atoms with van der Waals surface area (Å²) in [5, 5.41) is 9.44. The molecule has 0 bridgehead atoms. The van der Waals surface area contributed by atoms with Gasteiger partial charge in [0.15, 0.2) is 5.12 Å². The fourth-order valence-electron chi connectivity index (χ4n) is 1.71. The molecule has 92 valence electrons. The predicted molar refractivity (Wildman–Crippen MR) is 62.9 cm³/mol. The van der Waals surface area contributed by atoms with Crippen molar-refractivity contribution in [2.45, 2.75) is 19.4 Å². The zero-order valence-corrected chi connectivity index (χ0v) is 10.2. The average Bonchev–Trinajstić information content (AvgIpc) is 2.56. The third kappa shape index (κ3) is 4.11. The number of nitrogens with two attached hydrogens (primary N) is 1. The Morgan fingerprint density at radius 2 is 2.44 bits per heavy atom. The summed E-state index contributed by atoms with van der Waals surface area (Å²) in [5.74, 6) is 0.934. The summed E-state index contributed by atoms with van der Waals surface area (Å²) in [6, 6.07) is 0. The summed E-state index contributed by atoms with van der Waals surface area (Å²) in [7, 11) is 0. The Bertz CT molecular complexity index is 273. The van der Waals surface area contributed by atoms with Crippen LogP contribution in [0.1, 0.15) is 13.3 Å². The van der Waals surface area contributed by atoms with E-state index in [1.165, 1.54) is 18.7 Å². The lowest BCUT2D eigenvalue weighted by Crippen LogP contribution is -2.37. The Morgan fingerprint density at radius 3 is 3.00 bits per heavy atom. The summed E-state index contributed by atoms with van der Waals surface area (Å²) >= 11 is 1.25. The van der Waals surface area contributed by atoms with E-state index >= 15 is 0 Å². The molecule has 1 amide bonds. The number of rotatable bonds is 5. The van der Waals surface area contributed by atoms with Gasteiger partial charge in [-0.05, 0) is 5.92 Å². The zero-order chi connectivity index (χ0) is 12.1. The molecule has 0 aromatic heterocycles. The highest BCUT2D eigenvalue weighted by atomic mass is 32.2. The minimum Gasteiger partial charge on any atom is -0.390 e. The van der Waals surface area contributed by atoms with Crippen LogP contribution in [0.25, 0.3) is 0 Å². The van der Waals surface area contributed by atoms with Crippen molar-refractivity contribution >= 4 is 22.8 Å². The van der Waals surface area contributed by atoms with E-state index in [0.717, 1.165) is 0 Å². The highest BCUT2D eigenvalue weighted by Gasteiger charge is 2.30. The molecule has 0 spiro atoms. The molecule has 1 rings (SSSR count). The van der Waals surface area contributed by atoms with Gasteiger partial charge in [-0.2, -0.15) is 0 Å². The maximum Gasteiger partial charge on any atom is 0.223 e. The molecule has 5 nitrogen and oxygen atoms in total. The van der Waals surface area contributed by atoms with Crippen molar-refractivity contribution in [3.05, 3.63) is 0 Å². The van der Waals surface area contributed by atoms with Gasteiger partial charge in [-0.3, -0.25) is 9.59 Å². The summed E-state index contributed by atoms with van der Waals surface area (Å²) < 4.78 is 0. The molecule has 0 radical (unpaired) electrons. The zero-order valence-electron chi connectivity index (χ0n) is 9.39. The van der Waals surface area contributed by atoms with Gasteiger partial charge in [-0.15, -0.1) is 0 Å². The normalized spacial score (nSPS) is 22.6. The van der Waals surface area contributed by atoms with Crippen LogP contribution in [-0.2, 0) is 9.59 Å².